The Morgan fingerprint density at radius 2 is 1.74 bits per heavy atom. The van der Waals surface area contributed by atoms with Gasteiger partial charge < -0.3 is 29.9 Å². The molecule has 0 aliphatic carbocycles. The standard InChI is InChI=1S/C15H28NO10P/c1-14(2,3)16-27(22)24-6-15(4,7-25-27)5-23-13-10(19)8(17)9(18)11(26-13)12(20)21/h8-11,13,17-19H,5-7H2,1-4H3,(H,16,22)(H,20,21). The van der Waals surface area contributed by atoms with E-state index in [0.717, 1.165) is 0 Å². The molecule has 0 saturated carbocycles. The fraction of sp³-hybridized carbons (Fsp3) is 0.933. The predicted molar refractivity (Wildman–Crippen MR) is 90.8 cm³/mol. The summed E-state index contributed by atoms with van der Waals surface area (Å²) < 4.78 is 33.7. The van der Waals surface area contributed by atoms with E-state index in [4.69, 9.17) is 23.6 Å². The van der Waals surface area contributed by atoms with Crippen LogP contribution in [0.15, 0.2) is 0 Å². The third-order valence-corrected chi connectivity index (χ3v) is 5.93. The molecule has 2 fully saturated rings. The van der Waals surface area contributed by atoms with Crippen LogP contribution in [0.3, 0.4) is 0 Å². The molecule has 5 N–H and O–H groups in total. The summed E-state index contributed by atoms with van der Waals surface area (Å²) in [6, 6.07) is 0. The quantitative estimate of drug-likeness (QED) is 0.367. The van der Waals surface area contributed by atoms with Crippen LogP contribution in [0, 0.1) is 5.41 Å². The molecule has 0 aromatic rings. The molecule has 11 nitrogen and oxygen atoms in total. The molecule has 27 heavy (non-hydrogen) atoms. The van der Waals surface area contributed by atoms with Crippen LogP contribution in [-0.2, 0) is 27.9 Å². The molecule has 0 aromatic carbocycles. The van der Waals surface area contributed by atoms with Crippen LogP contribution < -0.4 is 5.09 Å². The molecular formula is C15H28NO10P. The summed E-state index contributed by atoms with van der Waals surface area (Å²) in [5.41, 5.74) is -1.24. The van der Waals surface area contributed by atoms with Crippen LogP contribution in [0.2, 0.25) is 0 Å². The lowest BCUT2D eigenvalue weighted by Gasteiger charge is -2.42. The fourth-order valence-electron chi connectivity index (χ4n) is 2.59. The van der Waals surface area contributed by atoms with Gasteiger partial charge in [-0.05, 0) is 20.8 Å². The highest BCUT2D eigenvalue weighted by Gasteiger charge is 2.49. The van der Waals surface area contributed by atoms with Crippen molar-refractivity contribution in [3.63, 3.8) is 0 Å². The smallest absolute Gasteiger partial charge is 0.405 e. The molecule has 158 valence electrons. The van der Waals surface area contributed by atoms with Crippen molar-refractivity contribution in [1.82, 2.24) is 5.09 Å². The van der Waals surface area contributed by atoms with E-state index < -0.39 is 55.4 Å². The van der Waals surface area contributed by atoms with Crippen molar-refractivity contribution >= 4 is 13.7 Å². The zero-order chi connectivity index (χ0) is 20.6. The van der Waals surface area contributed by atoms with Gasteiger partial charge in [0.1, 0.15) is 18.3 Å². The Balaban J connectivity index is 1.94. The minimum absolute atomic E-state index is 0.0176. The summed E-state index contributed by atoms with van der Waals surface area (Å²) in [4.78, 5) is 11.1. The first-order valence-electron chi connectivity index (χ1n) is 8.48. The maximum atomic E-state index is 12.5. The normalized spacial score (nSPS) is 43.4. The molecule has 5 atom stereocenters. The van der Waals surface area contributed by atoms with Crippen LogP contribution in [-0.4, -0.2) is 82.5 Å². The molecule has 2 heterocycles. The number of hydrogen-bond acceptors (Lipinski definition) is 9. The van der Waals surface area contributed by atoms with Gasteiger partial charge in [-0.3, -0.25) is 9.05 Å². The van der Waals surface area contributed by atoms with Crippen molar-refractivity contribution in [2.24, 2.45) is 5.41 Å². The number of carboxylic acids is 1. The van der Waals surface area contributed by atoms with Gasteiger partial charge in [-0.15, -0.1) is 0 Å². The van der Waals surface area contributed by atoms with E-state index in [1.165, 1.54) is 0 Å². The summed E-state index contributed by atoms with van der Waals surface area (Å²) in [7, 11) is -3.46. The average Bonchev–Trinajstić information content (AvgIpc) is 2.53. The van der Waals surface area contributed by atoms with Gasteiger partial charge in [-0.25, -0.2) is 14.4 Å². The monoisotopic (exact) mass is 413 g/mol. The van der Waals surface area contributed by atoms with Crippen LogP contribution in [0.5, 0.6) is 0 Å². The zero-order valence-corrected chi connectivity index (χ0v) is 16.6. The molecule has 2 aliphatic rings. The van der Waals surface area contributed by atoms with Crippen LogP contribution in [0.4, 0.5) is 0 Å². The van der Waals surface area contributed by atoms with E-state index >= 15 is 0 Å². The number of aliphatic hydroxyl groups is 3. The van der Waals surface area contributed by atoms with Crippen molar-refractivity contribution < 1.29 is 48.3 Å². The number of rotatable bonds is 5. The first-order valence-corrected chi connectivity index (χ1v) is 10.0. The zero-order valence-electron chi connectivity index (χ0n) is 15.7. The van der Waals surface area contributed by atoms with E-state index in [2.05, 4.69) is 5.09 Å². The number of carboxylic acid groups (broad SMARTS) is 1. The second-order valence-corrected chi connectivity index (χ2v) is 10.00. The molecule has 0 bridgehead atoms. The average molecular weight is 413 g/mol. The third kappa shape index (κ3) is 5.69. The number of nitrogens with one attached hydrogen (secondary N) is 1. The van der Waals surface area contributed by atoms with E-state index in [1.807, 2.05) is 20.8 Å². The summed E-state index contributed by atoms with van der Waals surface area (Å²) >= 11 is 0. The number of ether oxygens (including phenoxy) is 2. The third-order valence-electron chi connectivity index (χ3n) is 4.05. The summed E-state index contributed by atoms with van der Waals surface area (Å²) in [6.45, 7) is 7.11. The Kier molecular flexibility index (Phi) is 6.73. The molecule has 0 aromatic heterocycles. The Morgan fingerprint density at radius 1 is 1.19 bits per heavy atom. The highest BCUT2D eigenvalue weighted by molar-refractivity contribution is 7.51. The lowest BCUT2D eigenvalue weighted by atomic mass is 9.94. The first-order chi connectivity index (χ1) is 12.3. The van der Waals surface area contributed by atoms with Gasteiger partial charge in [0.25, 0.3) is 0 Å². The van der Waals surface area contributed by atoms with Gasteiger partial charge in [-0.2, -0.15) is 0 Å². The van der Waals surface area contributed by atoms with Gasteiger partial charge in [0, 0.05) is 11.0 Å². The first kappa shape index (κ1) is 22.7. The highest BCUT2D eigenvalue weighted by Crippen LogP contribution is 2.51. The molecule has 5 unspecified atom stereocenters. The van der Waals surface area contributed by atoms with Gasteiger partial charge >= 0.3 is 13.7 Å². The predicted octanol–water partition coefficient (Wildman–Crippen LogP) is -0.555. The van der Waals surface area contributed by atoms with Gasteiger partial charge in [0.05, 0.1) is 19.8 Å². The van der Waals surface area contributed by atoms with Gasteiger partial charge in [-0.1, -0.05) is 6.92 Å². The topological polar surface area (TPSA) is 164 Å². The van der Waals surface area contributed by atoms with Gasteiger partial charge in [0.15, 0.2) is 12.4 Å². The number of hydrogen-bond donors (Lipinski definition) is 5. The SMILES string of the molecule is CC1(COC2OC(C(=O)O)C(O)C(O)C2O)COP(=O)(NC(C)(C)C)OC1. The molecule has 0 radical (unpaired) electrons. The lowest BCUT2D eigenvalue weighted by molar-refractivity contribution is -0.300. The molecule has 0 amide bonds. The number of carbonyl (C=O) groups is 1. The molecule has 2 saturated heterocycles. The second kappa shape index (κ2) is 8.02. The minimum atomic E-state index is -3.46. The Morgan fingerprint density at radius 3 is 2.22 bits per heavy atom. The molecule has 12 heteroatoms. The molecule has 0 spiro atoms. The van der Waals surface area contributed by atoms with Crippen molar-refractivity contribution in [3.8, 4) is 0 Å². The van der Waals surface area contributed by atoms with Crippen LogP contribution in [0.25, 0.3) is 0 Å². The summed E-state index contributed by atoms with van der Waals surface area (Å²) in [6.07, 6.45) is -8.38. The number of aliphatic hydroxyl groups excluding tert-OH is 3. The van der Waals surface area contributed by atoms with Crippen molar-refractivity contribution in [2.75, 3.05) is 19.8 Å². The van der Waals surface area contributed by atoms with Crippen molar-refractivity contribution in [2.45, 2.75) is 63.9 Å². The summed E-state index contributed by atoms with van der Waals surface area (Å²) in [5, 5.41) is 41.3. The second-order valence-electron chi connectivity index (χ2n) is 8.26. The lowest BCUT2D eigenvalue weighted by Crippen LogP contribution is -2.60. The number of aliphatic carboxylic acids is 1. The highest BCUT2D eigenvalue weighted by atomic mass is 31.2. The molecular weight excluding hydrogens is 385 g/mol. The van der Waals surface area contributed by atoms with Crippen molar-refractivity contribution in [3.05, 3.63) is 0 Å². The Hall–Kier alpha value is -0.620. The molecule has 2 aliphatic heterocycles. The van der Waals surface area contributed by atoms with Crippen LogP contribution in [0.1, 0.15) is 27.7 Å². The van der Waals surface area contributed by atoms with Crippen molar-refractivity contribution in [1.29, 1.82) is 0 Å². The fourth-order valence-corrected chi connectivity index (χ4v) is 4.58. The van der Waals surface area contributed by atoms with E-state index in [1.54, 1.807) is 6.92 Å². The van der Waals surface area contributed by atoms with Gasteiger partial charge in [0.2, 0.25) is 0 Å². The maximum absolute atomic E-state index is 12.5. The minimum Gasteiger partial charge on any atom is -0.479 e. The molecule has 2 rings (SSSR count). The Bertz CT molecular complexity index is 582. The van der Waals surface area contributed by atoms with E-state index in [0.29, 0.717) is 0 Å². The van der Waals surface area contributed by atoms with Crippen LogP contribution >= 0.6 is 7.75 Å². The largest absolute Gasteiger partial charge is 0.479 e. The maximum Gasteiger partial charge on any atom is 0.405 e. The summed E-state index contributed by atoms with van der Waals surface area (Å²) in [5.74, 6) is -1.49. The Labute approximate surface area is 157 Å². The van der Waals surface area contributed by atoms with E-state index in [9.17, 15) is 24.7 Å². The van der Waals surface area contributed by atoms with E-state index in [-0.39, 0.29) is 19.8 Å².